The van der Waals surface area contributed by atoms with Gasteiger partial charge in [0.25, 0.3) is 0 Å². The van der Waals surface area contributed by atoms with Crippen molar-refractivity contribution in [3.05, 3.63) is 60.8 Å². The Morgan fingerprint density at radius 1 is 0.623 bits per heavy atom. The van der Waals surface area contributed by atoms with Gasteiger partial charge < -0.3 is 39.9 Å². The lowest BCUT2D eigenvalue weighted by Gasteiger charge is -2.41. The zero-order valence-electron chi connectivity index (χ0n) is 32.0. The first-order valence-electron chi connectivity index (χ1n) is 19.6. The Kier molecular flexibility index (Phi) is 28.9. The second-order valence-corrected chi connectivity index (χ2v) is 14.8. The van der Waals surface area contributed by atoms with Crippen molar-refractivity contribution in [2.24, 2.45) is 0 Å². The van der Waals surface area contributed by atoms with E-state index in [1.807, 2.05) is 0 Å². The summed E-state index contributed by atoms with van der Waals surface area (Å²) >= 11 is 0. The number of ether oxygens (including phenoxy) is 2. The first kappa shape index (κ1) is 49.1. The highest BCUT2D eigenvalue weighted by molar-refractivity contribution is 7.47. The molecular formula is C40H69O12P. The number of carbonyl (C=O) groups is 1. The smallest absolute Gasteiger partial charge is 0.457 e. The third-order valence-electron chi connectivity index (χ3n) is 8.65. The van der Waals surface area contributed by atoms with Gasteiger partial charge in [-0.05, 0) is 57.8 Å². The highest BCUT2D eigenvalue weighted by atomic mass is 31.2. The summed E-state index contributed by atoms with van der Waals surface area (Å²) in [7, 11) is -5.02. The van der Waals surface area contributed by atoms with Crippen LogP contribution < -0.4 is 0 Å². The van der Waals surface area contributed by atoms with Crippen LogP contribution in [0.25, 0.3) is 0 Å². The van der Waals surface area contributed by atoms with Crippen LogP contribution in [-0.4, -0.2) is 98.9 Å². The van der Waals surface area contributed by atoms with Crippen molar-refractivity contribution in [3.63, 3.8) is 0 Å². The lowest BCUT2D eigenvalue weighted by molar-refractivity contribution is -0.220. The van der Waals surface area contributed by atoms with E-state index in [-0.39, 0.29) is 13.0 Å². The van der Waals surface area contributed by atoms with Gasteiger partial charge in [-0.1, -0.05) is 120 Å². The average Bonchev–Trinajstić information content (AvgIpc) is 3.14. The van der Waals surface area contributed by atoms with E-state index in [1.165, 1.54) is 25.7 Å². The van der Waals surface area contributed by atoms with Crippen LogP contribution in [0, 0.1) is 0 Å². The molecule has 12 nitrogen and oxygen atoms in total. The number of esters is 1. The molecule has 6 atom stereocenters. The van der Waals surface area contributed by atoms with Gasteiger partial charge >= 0.3 is 13.8 Å². The van der Waals surface area contributed by atoms with Crippen molar-refractivity contribution in [1.29, 1.82) is 0 Å². The standard InChI is InChI=1S/C40H69O12P/c1-3-5-7-9-11-13-14-15-16-17-18-19-20-21-22-24-26-28-30-49-31-33(51-34(41)29-27-25-23-12-10-8-6-4-2)32-50-53(47,48)52-40-38(45)36(43)35(42)37(44)39(40)46/h5,7,11,13,15-16,18-19,21-22,33,35-40,42-46H,3-4,6,8-10,12,14,17,20,23-32H2,1-2H3,(H,47,48)/b7-5-,13-11-,16-15-,19-18-,22-21-. The minimum atomic E-state index is -5.02. The van der Waals surface area contributed by atoms with Gasteiger partial charge in [0, 0.05) is 13.0 Å². The molecule has 0 aliphatic heterocycles. The number of hydrogen-bond acceptors (Lipinski definition) is 11. The summed E-state index contributed by atoms with van der Waals surface area (Å²) in [5.41, 5.74) is 0. The third-order valence-corrected chi connectivity index (χ3v) is 9.64. The molecule has 0 aromatic rings. The number of aliphatic hydroxyl groups excluding tert-OH is 5. The molecule has 1 saturated carbocycles. The van der Waals surface area contributed by atoms with Gasteiger partial charge in [-0.15, -0.1) is 0 Å². The summed E-state index contributed by atoms with van der Waals surface area (Å²) in [5, 5.41) is 49.9. The van der Waals surface area contributed by atoms with E-state index in [4.69, 9.17) is 18.5 Å². The Morgan fingerprint density at radius 2 is 1.11 bits per heavy atom. The maximum Gasteiger partial charge on any atom is 0.472 e. The van der Waals surface area contributed by atoms with Crippen LogP contribution >= 0.6 is 7.82 Å². The Morgan fingerprint density at radius 3 is 1.66 bits per heavy atom. The summed E-state index contributed by atoms with van der Waals surface area (Å²) < 4.78 is 33.9. The van der Waals surface area contributed by atoms with Crippen LogP contribution in [0.5, 0.6) is 0 Å². The molecule has 0 heterocycles. The maximum atomic E-state index is 12.7. The third kappa shape index (κ3) is 24.2. The molecule has 1 fully saturated rings. The fourth-order valence-corrected chi connectivity index (χ4v) is 6.47. The van der Waals surface area contributed by atoms with Crippen molar-refractivity contribution in [3.8, 4) is 0 Å². The van der Waals surface area contributed by atoms with E-state index >= 15 is 0 Å². The lowest BCUT2D eigenvalue weighted by Crippen LogP contribution is -2.64. The van der Waals surface area contributed by atoms with E-state index in [2.05, 4.69) is 74.6 Å². The molecule has 13 heteroatoms. The number of rotatable bonds is 31. The summed E-state index contributed by atoms with van der Waals surface area (Å²) in [6, 6.07) is 0. The molecule has 0 saturated heterocycles. The molecule has 1 aliphatic rings. The van der Waals surface area contributed by atoms with Crippen LogP contribution in [-0.2, 0) is 27.9 Å². The zero-order chi connectivity index (χ0) is 39.2. The molecular weight excluding hydrogens is 703 g/mol. The summed E-state index contributed by atoms with van der Waals surface area (Å²) in [5.74, 6) is -0.501. The maximum absolute atomic E-state index is 12.7. The Hall–Kier alpha value is -1.96. The first-order chi connectivity index (χ1) is 25.5. The van der Waals surface area contributed by atoms with Gasteiger partial charge in [0.2, 0.25) is 0 Å². The summed E-state index contributed by atoms with van der Waals surface area (Å²) in [6.45, 7) is 3.96. The number of unbranched alkanes of at least 4 members (excludes halogenated alkanes) is 9. The molecule has 0 radical (unpaired) electrons. The molecule has 0 spiro atoms. The molecule has 6 N–H and O–H groups in total. The molecule has 1 aliphatic carbocycles. The predicted octanol–water partition coefficient (Wildman–Crippen LogP) is 6.69. The van der Waals surface area contributed by atoms with E-state index in [9.17, 15) is 39.8 Å². The summed E-state index contributed by atoms with van der Waals surface area (Å²) in [6.07, 6.45) is 24.7. The molecule has 306 valence electrons. The van der Waals surface area contributed by atoms with Gasteiger partial charge in [0.15, 0.2) is 0 Å². The van der Waals surface area contributed by atoms with Crippen LogP contribution in [0.2, 0.25) is 0 Å². The monoisotopic (exact) mass is 772 g/mol. The molecule has 53 heavy (non-hydrogen) atoms. The van der Waals surface area contributed by atoms with Gasteiger partial charge in [-0.25, -0.2) is 4.57 Å². The average molecular weight is 773 g/mol. The van der Waals surface area contributed by atoms with Crippen LogP contribution in [0.3, 0.4) is 0 Å². The van der Waals surface area contributed by atoms with E-state index in [1.54, 1.807) is 0 Å². The minimum Gasteiger partial charge on any atom is -0.457 e. The van der Waals surface area contributed by atoms with Crippen LogP contribution in [0.1, 0.15) is 123 Å². The fraction of sp³-hybridized carbons (Fsp3) is 0.725. The lowest BCUT2D eigenvalue weighted by atomic mass is 9.85. The Bertz CT molecular complexity index is 1110. The number of allylic oxidation sites excluding steroid dienone is 10. The number of hydrogen-bond donors (Lipinski definition) is 6. The highest BCUT2D eigenvalue weighted by Gasteiger charge is 2.51. The van der Waals surface area contributed by atoms with E-state index in [0.29, 0.717) is 13.0 Å². The molecule has 0 aromatic carbocycles. The topological polar surface area (TPSA) is 192 Å². The zero-order valence-corrected chi connectivity index (χ0v) is 32.9. The number of phosphoric acid groups is 1. The predicted molar refractivity (Wildman–Crippen MR) is 207 cm³/mol. The van der Waals surface area contributed by atoms with Crippen molar-refractivity contribution in [2.45, 2.75) is 166 Å². The number of carbonyl (C=O) groups excluding carboxylic acids is 1. The quantitative estimate of drug-likeness (QED) is 0.0190. The van der Waals surface area contributed by atoms with Crippen LogP contribution in [0.15, 0.2) is 60.8 Å². The number of aliphatic hydroxyl groups is 5. The van der Waals surface area contributed by atoms with Crippen molar-refractivity contribution in [1.82, 2.24) is 0 Å². The van der Waals surface area contributed by atoms with Gasteiger partial charge in [0.1, 0.15) is 42.7 Å². The Balaban J connectivity index is 2.47. The van der Waals surface area contributed by atoms with E-state index < -0.39 is 63.1 Å². The largest absolute Gasteiger partial charge is 0.472 e. The molecule has 0 aromatic heterocycles. The van der Waals surface area contributed by atoms with Gasteiger partial charge in [-0.2, -0.15) is 0 Å². The molecule has 6 unspecified atom stereocenters. The van der Waals surface area contributed by atoms with Crippen LogP contribution in [0.4, 0.5) is 0 Å². The second-order valence-electron chi connectivity index (χ2n) is 13.4. The normalized spacial score (nSPS) is 24.3. The van der Waals surface area contributed by atoms with Crippen molar-refractivity contribution in [2.75, 3.05) is 19.8 Å². The van der Waals surface area contributed by atoms with E-state index in [0.717, 1.165) is 70.6 Å². The van der Waals surface area contributed by atoms with Gasteiger partial charge in [0.05, 0.1) is 13.2 Å². The Labute approximate surface area is 317 Å². The second kappa shape index (κ2) is 31.3. The fourth-order valence-electron chi connectivity index (χ4n) is 5.50. The number of phosphoric ester groups is 1. The van der Waals surface area contributed by atoms with Crippen molar-refractivity contribution < 1.29 is 58.3 Å². The highest BCUT2D eigenvalue weighted by Crippen LogP contribution is 2.47. The summed E-state index contributed by atoms with van der Waals surface area (Å²) in [4.78, 5) is 22.9. The molecule has 1 rings (SSSR count). The first-order valence-corrected chi connectivity index (χ1v) is 21.1. The van der Waals surface area contributed by atoms with Crippen molar-refractivity contribution >= 4 is 13.8 Å². The molecule has 0 amide bonds. The van der Waals surface area contributed by atoms with Gasteiger partial charge in [-0.3, -0.25) is 13.8 Å². The SMILES string of the molecule is CC/C=C\C/C=C\C/C=C\C/C=C\C/C=C\CCCCOCC(COP(=O)(O)OC1C(O)C(O)C(O)C(O)C1O)OC(=O)CCCCCCCCCC. The molecule has 0 bridgehead atoms. The minimum absolute atomic E-state index is 0.108.